The van der Waals surface area contributed by atoms with Crippen molar-refractivity contribution in [3.05, 3.63) is 5.82 Å². The molecular weight excluding hydrogens is 208 g/mol. The molecule has 7 heteroatoms. The maximum absolute atomic E-state index is 11.5. The minimum atomic E-state index is -0.364. The Bertz CT molecular complexity index is 381. The van der Waals surface area contributed by atoms with Crippen LogP contribution in [0.1, 0.15) is 26.6 Å². The lowest BCUT2D eigenvalue weighted by atomic mass is 9.92. The van der Waals surface area contributed by atoms with Gasteiger partial charge in [0, 0.05) is 19.0 Å². The Morgan fingerprint density at radius 2 is 2.25 bits per heavy atom. The van der Waals surface area contributed by atoms with Gasteiger partial charge in [0.05, 0.1) is 5.71 Å². The first-order chi connectivity index (χ1) is 7.47. The van der Waals surface area contributed by atoms with Gasteiger partial charge in [0.15, 0.2) is 5.82 Å². The Labute approximate surface area is 93.7 Å². The second-order valence-electron chi connectivity index (χ2n) is 4.11. The molecule has 0 aliphatic rings. The number of aliphatic imine (C=N–C) groups is 1. The summed E-state index contributed by atoms with van der Waals surface area (Å²) in [4.78, 5) is 15.3. The molecule has 1 aromatic rings. The van der Waals surface area contributed by atoms with E-state index < -0.39 is 0 Å². The van der Waals surface area contributed by atoms with Crippen molar-refractivity contribution in [1.82, 2.24) is 25.9 Å². The highest BCUT2D eigenvalue weighted by atomic mass is 16.1. The molecule has 16 heavy (non-hydrogen) atoms. The van der Waals surface area contributed by atoms with Crippen molar-refractivity contribution in [3.8, 4) is 0 Å². The van der Waals surface area contributed by atoms with Crippen LogP contribution in [0, 0.1) is 0 Å². The Hall–Kier alpha value is -1.79. The number of nitrogens with one attached hydrogen (secondary N) is 2. The van der Waals surface area contributed by atoms with Crippen molar-refractivity contribution < 1.29 is 4.79 Å². The molecule has 0 aromatic carbocycles. The fraction of sp³-hybridized carbons (Fsp3) is 0.667. The van der Waals surface area contributed by atoms with Gasteiger partial charge in [-0.1, -0.05) is 19.1 Å². The molecule has 0 saturated carbocycles. The summed E-state index contributed by atoms with van der Waals surface area (Å²) >= 11 is 0. The molecule has 1 aromatic heterocycles. The van der Waals surface area contributed by atoms with E-state index in [9.17, 15) is 4.79 Å². The van der Waals surface area contributed by atoms with Crippen LogP contribution in [0.4, 0.5) is 0 Å². The highest BCUT2D eigenvalue weighted by molar-refractivity contribution is 6.37. The first kappa shape index (κ1) is 12.3. The third-order valence-electron chi connectivity index (χ3n) is 2.31. The van der Waals surface area contributed by atoms with Crippen molar-refractivity contribution in [3.63, 3.8) is 0 Å². The van der Waals surface area contributed by atoms with E-state index in [2.05, 4.69) is 30.9 Å². The van der Waals surface area contributed by atoms with Crippen LogP contribution in [-0.2, 0) is 10.2 Å². The van der Waals surface area contributed by atoms with Gasteiger partial charge in [-0.15, -0.1) is 10.2 Å². The van der Waals surface area contributed by atoms with E-state index in [1.165, 1.54) is 0 Å². The number of carbonyl (C=O) groups excluding carboxylic acids is 1. The van der Waals surface area contributed by atoms with E-state index >= 15 is 0 Å². The Morgan fingerprint density at radius 1 is 1.56 bits per heavy atom. The van der Waals surface area contributed by atoms with Gasteiger partial charge in [0.2, 0.25) is 0 Å². The number of aromatic amines is 1. The normalized spacial score (nSPS) is 12.6. The van der Waals surface area contributed by atoms with Crippen molar-refractivity contribution in [2.75, 3.05) is 13.6 Å². The number of rotatable bonds is 4. The Morgan fingerprint density at radius 3 is 2.75 bits per heavy atom. The zero-order chi connectivity index (χ0) is 12.2. The van der Waals surface area contributed by atoms with Crippen molar-refractivity contribution >= 4 is 11.6 Å². The molecule has 0 atom stereocenters. The number of tetrazole rings is 1. The smallest absolute Gasteiger partial charge is 0.264 e. The summed E-state index contributed by atoms with van der Waals surface area (Å²) in [6, 6.07) is 0. The third-order valence-corrected chi connectivity index (χ3v) is 2.31. The number of hydrogen-bond donors (Lipinski definition) is 2. The fourth-order valence-electron chi connectivity index (χ4n) is 1.06. The van der Waals surface area contributed by atoms with Crippen molar-refractivity contribution in [1.29, 1.82) is 0 Å². The first-order valence-electron chi connectivity index (χ1n) is 4.93. The number of aromatic nitrogens is 4. The third kappa shape index (κ3) is 2.85. The Kier molecular flexibility index (Phi) is 3.70. The van der Waals surface area contributed by atoms with Gasteiger partial charge in [-0.05, 0) is 6.92 Å². The maximum Gasteiger partial charge on any atom is 0.264 e. The number of carbonyl (C=O) groups is 1. The largest absolute Gasteiger partial charge is 0.350 e. The van der Waals surface area contributed by atoms with Gasteiger partial charge >= 0.3 is 0 Å². The van der Waals surface area contributed by atoms with Crippen LogP contribution in [-0.4, -0.2) is 45.8 Å². The summed E-state index contributed by atoms with van der Waals surface area (Å²) in [5.74, 6) is 0.387. The lowest BCUT2D eigenvalue weighted by Gasteiger charge is -2.20. The first-order valence-corrected chi connectivity index (χ1v) is 4.93. The lowest BCUT2D eigenvalue weighted by molar-refractivity contribution is -0.115. The molecular formula is C9H16N6O. The minimum Gasteiger partial charge on any atom is -0.350 e. The summed E-state index contributed by atoms with van der Waals surface area (Å²) in [7, 11) is 1.58. The van der Waals surface area contributed by atoms with Gasteiger partial charge in [0.25, 0.3) is 5.91 Å². The molecule has 1 amide bonds. The number of H-pyrrole nitrogens is 1. The van der Waals surface area contributed by atoms with E-state index in [0.717, 1.165) is 0 Å². The predicted octanol–water partition coefficient (Wildman–Crippen LogP) is -0.316. The molecule has 7 nitrogen and oxygen atoms in total. The zero-order valence-electron chi connectivity index (χ0n) is 9.90. The highest BCUT2D eigenvalue weighted by Crippen LogP contribution is 2.16. The van der Waals surface area contributed by atoms with Gasteiger partial charge in [0.1, 0.15) is 0 Å². The van der Waals surface area contributed by atoms with Crippen molar-refractivity contribution in [2.24, 2.45) is 4.99 Å². The highest BCUT2D eigenvalue weighted by Gasteiger charge is 2.26. The average Bonchev–Trinajstić information content (AvgIpc) is 2.78. The molecule has 0 spiro atoms. The van der Waals surface area contributed by atoms with E-state index in [1.54, 1.807) is 14.0 Å². The average molecular weight is 224 g/mol. The van der Waals surface area contributed by atoms with Crippen LogP contribution >= 0.6 is 0 Å². The SMILES string of the molecule is CN=C(C)C(=O)NCC(C)(C)c1nn[nH]n1. The molecule has 0 bridgehead atoms. The van der Waals surface area contributed by atoms with Gasteiger partial charge in [-0.3, -0.25) is 9.79 Å². The second-order valence-corrected chi connectivity index (χ2v) is 4.11. The number of hydrogen-bond acceptors (Lipinski definition) is 5. The molecule has 0 saturated heterocycles. The number of amides is 1. The van der Waals surface area contributed by atoms with Gasteiger partial charge in [-0.2, -0.15) is 5.21 Å². The zero-order valence-corrected chi connectivity index (χ0v) is 9.90. The molecule has 0 unspecified atom stereocenters. The molecule has 0 fully saturated rings. The molecule has 88 valence electrons. The van der Waals surface area contributed by atoms with Crippen LogP contribution in [0.2, 0.25) is 0 Å². The van der Waals surface area contributed by atoms with Crippen LogP contribution in [0.3, 0.4) is 0 Å². The summed E-state index contributed by atoms with van der Waals surface area (Å²) in [6.45, 7) is 5.95. The van der Waals surface area contributed by atoms with E-state index in [0.29, 0.717) is 18.1 Å². The lowest BCUT2D eigenvalue weighted by Crippen LogP contribution is -2.40. The molecule has 0 aliphatic carbocycles. The van der Waals surface area contributed by atoms with Gasteiger partial charge in [-0.25, -0.2) is 0 Å². The van der Waals surface area contributed by atoms with Gasteiger partial charge < -0.3 is 5.32 Å². The monoisotopic (exact) mass is 224 g/mol. The molecule has 0 radical (unpaired) electrons. The predicted molar refractivity (Wildman–Crippen MR) is 59.2 cm³/mol. The van der Waals surface area contributed by atoms with E-state index in [-0.39, 0.29) is 11.3 Å². The quantitative estimate of drug-likeness (QED) is 0.685. The second kappa shape index (κ2) is 4.82. The maximum atomic E-state index is 11.5. The van der Waals surface area contributed by atoms with E-state index in [4.69, 9.17) is 0 Å². The van der Waals surface area contributed by atoms with E-state index in [1.807, 2.05) is 13.8 Å². The summed E-state index contributed by atoms with van der Waals surface area (Å²) < 4.78 is 0. The molecule has 1 rings (SSSR count). The van der Waals surface area contributed by atoms with Crippen LogP contribution in [0.5, 0.6) is 0 Å². The standard InChI is InChI=1S/C9H16N6O/c1-6(10-4)7(16)11-5-9(2,3)8-12-14-15-13-8/h5H2,1-4H3,(H,11,16)(H,12,13,14,15). The summed E-state index contributed by atoms with van der Waals surface area (Å²) in [5.41, 5.74) is 0.0837. The van der Waals surface area contributed by atoms with Crippen LogP contribution < -0.4 is 5.32 Å². The Balaban J connectivity index is 2.59. The minimum absolute atomic E-state index is 0.181. The summed E-state index contributed by atoms with van der Waals surface area (Å²) in [6.07, 6.45) is 0. The topological polar surface area (TPSA) is 95.9 Å². The molecule has 2 N–H and O–H groups in total. The number of nitrogens with zero attached hydrogens (tertiary/aromatic N) is 4. The van der Waals surface area contributed by atoms with Crippen LogP contribution in [0.15, 0.2) is 4.99 Å². The molecule has 0 aliphatic heterocycles. The van der Waals surface area contributed by atoms with Crippen LogP contribution in [0.25, 0.3) is 0 Å². The fourth-order valence-corrected chi connectivity index (χ4v) is 1.06. The molecule has 1 heterocycles. The van der Waals surface area contributed by atoms with Crippen molar-refractivity contribution in [2.45, 2.75) is 26.2 Å². The summed E-state index contributed by atoms with van der Waals surface area (Å²) in [5, 5.41) is 16.5.